The number of nitrogens with zero attached hydrogens (tertiary/aromatic N) is 1. The zero-order valence-electron chi connectivity index (χ0n) is 16.0. The van der Waals surface area contributed by atoms with Gasteiger partial charge in [-0.2, -0.15) is 0 Å². The van der Waals surface area contributed by atoms with Gasteiger partial charge in [0.05, 0.1) is 12.2 Å². The van der Waals surface area contributed by atoms with Gasteiger partial charge in [0.2, 0.25) is 5.91 Å². The SMILES string of the molecule is O=C(COC(=O)c1csc(-c2cccc(Cl)c2)n1)NCC(=O)Nc1ccc(F)c(F)c1F. The van der Waals surface area contributed by atoms with E-state index in [1.807, 2.05) is 5.32 Å². The minimum absolute atomic E-state index is 0.00988. The average molecular weight is 484 g/mol. The van der Waals surface area contributed by atoms with Crippen LogP contribution in [0.4, 0.5) is 18.9 Å². The molecule has 0 aliphatic carbocycles. The van der Waals surface area contributed by atoms with E-state index in [0.717, 1.165) is 6.07 Å². The fourth-order valence-corrected chi connectivity index (χ4v) is 3.35. The molecule has 0 bridgehead atoms. The maximum atomic E-state index is 13.5. The number of halogens is 4. The van der Waals surface area contributed by atoms with Crippen LogP contribution in [0.5, 0.6) is 0 Å². The first-order valence-corrected chi connectivity index (χ1v) is 10.1. The lowest BCUT2D eigenvalue weighted by Crippen LogP contribution is -2.35. The Kier molecular flexibility index (Phi) is 7.44. The summed E-state index contributed by atoms with van der Waals surface area (Å²) in [6.07, 6.45) is 0. The molecular formula is C20H13ClF3N3O4S. The molecule has 0 saturated heterocycles. The Morgan fingerprint density at radius 2 is 1.84 bits per heavy atom. The number of benzene rings is 2. The van der Waals surface area contributed by atoms with E-state index in [1.54, 1.807) is 24.3 Å². The molecule has 1 aromatic heterocycles. The molecule has 0 radical (unpaired) electrons. The Labute approximate surface area is 188 Å². The number of rotatable bonds is 7. The minimum Gasteiger partial charge on any atom is -0.451 e. The largest absolute Gasteiger partial charge is 0.451 e. The van der Waals surface area contributed by atoms with E-state index in [1.165, 1.54) is 16.7 Å². The van der Waals surface area contributed by atoms with E-state index in [4.69, 9.17) is 16.3 Å². The molecule has 0 spiro atoms. The Balaban J connectivity index is 1.46. The number of hydrogen-bond donors (Lipinski definition) is 2. The predicted octanol–water partition coefficient (Wildman–Crippen LogP) is 3.79. The number of thiazole rings is 1. The number of carbonyl (C=O) groups is 3. The summed E-state index contributed by atoms with van der Waals surface area (Å²) in [6, 6.07) is 8.35. The zero-order chi connectivity index (χ0) is 23.3. The van der Waals surface area contributed by atoms with Crippen LogP contribution in [-0.2, 0) is 14.3 Å². The number of nitrogens with one attached hydrogen (secondary N) is 2. The molecule has 3 rings (SSSR count). The summed E-state index contributed by atoms with van der Waals surface area (Å²) in [7, 11) is 0. The lowest BCUT2D eigenvalue weighted by Gasteiger charge is -2.08. The van der Waals surface area contributed by atoms with E-state index >= 15 is 0 Å². The number of carbonyl (C=O) groups excluding carboxylic acids is 3. The molecule has 12 heteroatoms. The van der Waals surface area contributed by atoms with E-state index < -0.39 is 54.1 Å². The van der Waals surface area contributed by atoms with Gasteiger partial charge in [-0.1, -0.05) is 23.7 Å². The molecule has 3 aromatic rings. The molecule has 0 saturated carbocycles. The van der Waals surface area contributed by atoms with Gasteiger partial charge in [-0.25, -0.2) is 22.9 Å². The Morgan fingerprint density at radius 3 is 2.59 bits per heavy atom. The number of amides is 2. The standard InChI is InChI=1S/C20H13ClF3N3O4S/c21-11-3-1-2-10(6-11)19-27-14(9-32-19)20(30)31-8-16(29)25-7-15(28)26-13-5-4-12(22)17(23)18(13)24/h1-6,9H,7-8H2,(H,25,29)(H,26,28). The highest BCUT2D eigenvalue weighted by Gasteiger charge is 2.17. The van der Waals surface area contributed by atoms with Gasteiger partial charge >= 0.3 is 5.97 Å². The van der Waals surface area contributed by atoms with Crippen LogP contribution < -0.4 is 10.6 Å². The Hall–Kier alpha value is -3.44. The molecule has 0 aliphatic rings. The highest BCUT2D eigenvalue weighted by Crippen LogP contribution is 2.26. The van der Waals surface area contributed by atoms with E-state index in [9.17, 15) is 27.6 Å². The summed E-state index contributed by atoms with van der Waals surface area (Å²) in [5.74, 6) is -7.28. The highest BCUT2D eigenvalue weighted by molar-refractivity contribution is 7.13. The van der Waals surface area contributed by atoms with Crippen LogP contribution in [0.1, 0.15) is 10.5 Å². The number of anilines is 1. The lowest BCUT2D eigenvalue weighted by molar-refractivity contribution is -0.126. The topological polar surface area (TPSA) is 97.4 Å². The van der Waals surface area contributed by atoms with Gasteiger partial charge in [-0.05, 0) is 24.3 Å². The van der Waals surface area contributed by atoms with Gasteiger partial charge < -0.3 is 15.4 Å². The van der Waals surface area contributed by atoms with Crippen LogP contribution in [0.25, 0.3) is 10.6 Å². The molecular weight excluding hydrogens is 471 g/mol. The van der Waals surface area contributed by atoms with Crippen molar-refractivity contribution in [2.24, 2.45) is 0 Å². The van der Waals surface area contributed by atoms with Crippen LogP contribution in [0.2, 0.25) is 5.02 Å². The smallest absolute Gasteiger partial charge is 0.358 e. The summed E-state index contributed by atoms with van der Waals surface area (Å²) in [4.78, 5) is 39.7. The first kappa shape index (κ1) is 23.2. The van der Waals surface area contributed by atoms with E-state index in [-0.39, 0.29) is 5.69 Å². The van der Waals surface area contributed by atoms with Crippen LogP contribution in [0, 0.1) is 17.5 Å². The predicted molar refractivity (Wildman–Crippen MR) is 111 cm³/mol. The van der Waals surface area contributed by atoms with Crippen molar-refractivity contribution in [3.63, 3.8) is 0 Å². The Morgan fingerprint density at radius 1 is 1.06 bits per heavy atom. The van der Waals surface area contributed by atoms with E-state index in [0.29, 0.717) is 21.7 Å². The van der Waals surface area contributed by atoms with Crippen LogP contribution in [-0.4, -0.2) is 35.9 Å². The molecule has 1 heterocycles. The van der Waals surface area contributed by atoms with Crippen LogP contribution in [0.15, 0.2) is 41.8 Å². The van der Waals surface area contributed by atoms with Crippen molar-refractivity contribution in [3.05, 3.63) is 69.9 Å². The molecule has 32 heavy (non-hydrogen) atoms. The second-order valence-electron chi connectivity index (χ2n) is 6.17. The molecule has 0 unspecified atom stereocenters. The maximum absolute atomic E-state index is 13.5. The van der Waals surface area contributed by atoms with Crippen molar-refractivity contribution in [2.45, 2.75) is 0 Å². The summed E-state index contributed by atoms with van der Waals surface area (Å²) in [6.45, 7) is -1.32. The number of aromatic nitrogens is 1. The number of hydrogen-bond acceptors (Lipinski definition) is 6. The minimum atomic E-state index is -1.74. The maximum Gasteiger partial charge on any atom is 0.358 e. The molecule has 0 aliphatic heterocycles. The second kappa shape index (κ2) is 10.2. The third-order valence-corrected chi connectivity index (χ3v) is 5.00. The van der Waals surface area contributed by atoms with Gasteiger partial charge in [-0.15, -0.1) is 11.3 Å². The average Bonchev–Trinajstić information content (AvgIpc) is 3.27. The molecule has 2 amide bonds. The quantitative estimate of drug-likeness (QED) is 0.393. The van der Waals surface area contributed by atoms with Crippen molar-refractivity contribution < 1.29 is 32.3 Å². The van der Waals surface area contributed by atoms with Crippen molar-refractivity contribution >= 4 is 46.4 Å². The van der Waals surface area contributed by atoms with Crippen molar-refractivity contribution in [1.29, 1.82) is 0 Å². The molecule has 2 N–H and O–H groups in total. The summed E-state index contributed by atoms with van der Waals surface area (Å²) < 4.78 is 44.4. The fourth-order valence-electron chi connectivity index (χ4n) is 2.37. The summed E-state index contributed by atoms with van der Waals surface area (Å²) >= 11 is 7.12. The highest BCUT2D eigenvalue weighted by atomic mass is 35.5. The van der Waals surface area contributed by atoms with Crippen LogP contribution >= 0.6 is 22.9 Å². The first-order valence-electron chi connectivity index (χ1n) is 8.83. The third-order valence-electron chi connectivity index (χ3n) is 3.87. The zero-order valence-corrected chi connectivity index (χ0v) is 17.5. The normalized spacial score (nSPS) is 10.5. The molecule has 7 nitrogen and oxygen atoms in total. The van der Waals surface area contributed by atoms with Gasteiger partial charge in [0.15, 0.2) is 29.8 Å². The van der Waals surface area contributed by atoms with Crippen LogP contribution in [0.3, 0.4) is 0 Å². The monoisotopic (exact) mass is 483 g/mol. The molecule has 166 valence electrons. The fraction of sp³-hybridized carbons (Fsp3) is 0.100. The van der Waals surface area contributed by atoms with E-state index in [2.05, 4.69) is 10.3 Å². The van der Waals surface area contributed by atoms with Crippen molar-refractivity contribution in [2.75, 3.05) is 18.5 Å². The first-order chi connectivity index (χ1) is 15.2. The molecule has 0 atom stereocenters. The van der Waals surface area contributed by atoms with Gasteiger partial charge in [0, 0.05) is 16.0 Å². The number of ether oxygens (including phenoxy) is 1. The summed E-state index contributed by atoms with van der Waals surface area (Å²) in [5.41, 5.74) is 0.112. The molecule has 2 aromatic carbocycles. The van der Waals surface area contributed by atoms with Gasteiger partial charge in [0.25, 0.3) is 5.91 Å². The summed E-state index contributed by atoms with van der Waals surface area (Å²) in [5, 5.41) is 6.63. The second-order valence-corrected chi connectivity index (χ2v) is 7.47. The molecule has 0 fully saturated rings. The van der Waals surface area contributed by atoms with Crippen molar-refractivity contribution in [3.8, 4) is 10.6 Å². The number of esters is 1. The van der Waals surface area contributed by atoms with Crippen molar-refractivity contribution in [1.82, 2.24) is 10.3 Å². The third kappa shape index (κ3) is 5.83. The van der Waals surface area contributed by atoms with Gasteiger partial charge in [0.1, 0.15) is 5.01 Å². The Bertz CT molecular complexity index is 1190. The van der Waals surface area contributed by atoms with Gasteiger partial charge in [-0.3, -0.25) is 9.59 Å². The lowest BCUT2D eigenvalue weighted by atomic mass is 10.2.